The van der Waals surface area contributed by atoms with Gasteiger partial charge in [0.2, 0.25) is 0 Å². The highest BCUT2D eigenvalue weighted by atomic mass is 32.2. The van der Waals surface area contributed by atoms with E-state index in [4.69, 9.17) is 4.98 Å². The van der Waals surface area contributed by atoms with E-state index in [1.807, 2.05) is 30.3 Å². The highest BCUT2D eigenvalue weighted by Gasteiger charge is 2.19. The fourth-order valence-electron chi connectivity index (χ4n) is 4.63. The summed E-state index contributed by atoms with van der Waals surface area (Å²) in [5, 5.41) is 4.08. The van der Waals surface area contributed by atoms with Crippen LogP contribution in [0.3, 0.4) is 0 Å². The number of thioether (sulfide) groups is 1. The predicted octanol–water partition coefficient (Wildman–Crippen LogP) is 5.74. The molecule has 5 rings (SSSR count). The third kappa shape index (κ3) is 5.51. The van der Waals surface area contributed by atoms with Crippen LogP contribution in [0.4, 0.5) is 4.39 Å². The SMILES string of the molecule is O=C(NC1CCCC1)c1ccc2c(=O)n(CCc3ccccc3)c(SCc3ccccc3F)nc2c1. The van der Waals surface area contributed by atoms with E-state index < -0.39 is 0 Å². The van der Waals surface area contributed by atoms with Crippen molar-refractivity contribution in [3.63, 3.8) is 0 Å². The number of hydrogen-bond donors (Lipinski definition) is 1. The van der Waals surface area contributed by atoms with Gasteiger partial charge in [-0.25, -0.2) is 9.37 Å². The molecule has 1 aromatic heterocycles. The molecule has 0 bridgehead atoms. The van der Waals surface area contributed by atoms with Crippen molar-refractivity contribution in [1.82, 2.24) is 14.9 Å². The number of benzene rings is 3. The predicted molar refractivity (Wildman–Crippen MR) is 142 cm³/mol. The summed E-state index contributed by atoms with van der Waals surface area (Å²) in [6.45, 7) is 0.454. The first kappa shape index (κ1) is 24.3. The van der Waals surface area contributed by atoms with Crippen LogP contribution in [0.5, 0.6) is 0 Å². The van der Waals surface area contributed by atoms with Crippen LogP contribution in [0, 0.1) is 5.82 Å². The van der Waals surface area contributed by atoms with Gasteiger partial charge >= 0.3 is 0 Å². The smallest absolute Gasteiger partial charge is 0.262 e. The Morgan fingerprint density at radius 2 is 1.78 bits per heavy atom. The molecule has 7 heteroatoms. The Morgan fingerprint density at radius 3 is 2.56 bits per heavy atom. The Bertz CT molecular complexity index is 1430. The summed E-state index contributed by atoms with van der Waals surface area (Å²) in [4.78, 5) is 31.2. The molecule has 1 aliphatic rings. The summed E-state index contributed by atoms with van der Waals surface area (Å²) in [7, 11) is 0. The Kier molecular flexibility index (Phi) is 7.47. The maximum atomic E-state index is 14.3. The van der Waals surface area contributed by atoms with Gasteiger partial charge in [-0.1, -0.05) is 73.1 Å². The number of nitrogens with one attached hydrogen (secondary N) is 1. The number of carbonyl (C=O) groups excluding carboxylic acids is 1. The summed E-state index contributed by atoms with van der Waals surface area (Å²) in [5.41, 5.74) is 2.49. The number of fused-ring (bicyclic) bond motifs is 1. The third-order valence-corrected chi connectivity index (χ3v) is 7.68. The van der Waals surface area contributed by atoms with Gasteiger partial charge in [0.05, 0.1) is 10.9 Å². The van der Waals surface area contributed by atoms with Crippen molar-refractivity contribution in [1.29, 1.82) is 0 Å². The molecule has 1 fully saturated rings. The van der Waals surface area contributed by atoms with Crippen molar-refractivity contribution in [2.24, 2.45) is 0 Å². The van der Waals surface area contributed by atoms with Crippen LogP contribution in [-0.2, 0) is 18.7 Å². The van der Waals surface area contributed by atoms with E-state index in [9.17, 15) is 14.0 Å². The highest BCUT2D eigenvalue weighted by Crippen LogP contribution is 2.25. The topological polar surface area (TPSA) is 64.0 Å². The Morgan fingerprint density at radius 1 is 1.03 bits per heavy atom. The number of amides is 1. The van der Waals surface area contributed by atoms with Gasteiger partial charge in [0.15, 0.2) is 5.16 Å². The number of aryl methyl sites for hydroxylation is 1. The summed E-state index contributed by atoms with van der Waals surface area (Å²) >= 11 is 1.33. The summed E-state index contributed by atoms with van der Waals surface area (Å²) < 4.78 is 15.9. The Balaban J connectivity index is 1.48. The fraction of sp³-hybridized carbons (Fsp3) is 0.276. The number of rotatable bonds is 8. The van der Waals surface area contributed by atoms with Gasteiger partial charge in [-0.15, -0.1) is 0 Å². The lowest BCUT2D eigenvalue weighted by atomic mass is 10.1. The molecular formula is C29H28FN3O2S. The van der Waals surface area contributed by atoms with E-state index in [0.717, 1.165) is 31.2 Å². The maximum Gasteiger partial charge on any atom is 0.262 e. The zero-order valence-electron chi connectivity index (χ0n) is 20.0. The van der Waals surface area contributed by atoms with Crippen molar-refractivity contribution in [2.75, 3.05) is 0 Å². The highest BCUT2D eigenvalue weighted by molar-refractivity contribution is 7.98. The van der Waals surface area contributed by atoms with Crippen LogP contribution in [0.15, 0.2) is 82.7 Å². The van der Waals surface area contributed by atoms with Crippen molar-refractivity contribution in [3.8, 4) is 0 Å². The minimum Gasteiger partial charge on any atom is -0.349 e. The molecule has 3 aromatic carbocycles. The first-order valence-electron chi connectivity index (χ1n) is 12.3. The molecule has 1 N–H and O–H groups in total. The van der Waals surface area contributed by atoms with E-state index in [1.165, 1.54) is 17.8 Å². The monoisotopic (exact) mass is 501 g/mol. The van der Waals surface area contributed by atoms with Crippen LogP contribution in [0.2, 0.25) is 0 Å². The summed E-state index contributed by atoms with van der Waals surface area (Å²) in [5.74, 6) is -0.0769. The van der Waals surface area contributed by atoms with Crippen LogP contribution < -0.4 is 10.9 Å². The molecule has 36 heavy (non-hydrogen) atoms. The maximum absolute atomic E-state index is 14.3. The zero-order valence-corrected chi connectivity index (χ0v) is 20.8. The van der Waals surface area contributed by atoms with Gasteiger partial charge in [0.1, 0.15) is 5.82 Å². The average Bonchev–Trinajstić information content (AvgIpc) is 3.41. The van der Waals surface area contributed by atoms with Gasteiger partial charge in [0, 0.05) is 23.9 Å². The molecule has 0 aliphatic heterocycles. The normalized spacial score (nSPS) is 13.8. The van der Waals surface area contributed by atoms with E-state index in [1.54, 1.807) is 41.0 Å². The molecule has 0 spiro atoms. The number of carbonyl (C=O) groups is 1. The van der Waals surface area contributed by atoms with Crippen molar-refractivity contribution in [3.05, 3.63) is 106 Å². The lowest BCUT2D eigenvalue weighted by Gasteiger charge is -2.15. The minimum absolute atomic E-state index is 0.139. The molecule has 184 valence electrons. The van der Waals surface area contributed by atoms with E-state index in [-0.39, 0.29) is 23.3 Å². The van der Waals surface area contributed by atoms with Crippen LogP contribution >= 0.6 is 11.8 Å². The quantitative estimate of drug-likeness (QED) is 0.247. The first-order valence-corrected chi connectivity index (χ1v) is 13.3. The number of aromatic nitrogens is 2. The second-order valence-corrected chi connectivity index (χ2v) is 10.1. The Hall–Kier alpha value is -3.45. The standard InChI is InChI=1S/C29H28FN3O2S/c30-25-13-7-4-10-22(25)19-36-29-32-26-18-21(27(34)31-23-11-5-6-12-23)14-15-24(26)28(35)33(29)17-16-20-8-2-1-3-9-20/h1-4,7-10,13-15,18,23H,5-6,11-12,16-17,19H2,(H,31,34). The molecule has 1 aliphatic carbocycles. The zero-order chi connectivity index (χ0) is 24.9. The van der Waals surface area contributed by atoms with Gasteiger partial charge < -0.3 is 5.32 Å². The van der Waals surface area contributed by atoms with Crippen molar-refractivity contribution in [2.45, 2.75) is 55.6 Å². The molecule has 0 saturated heterocycles. The second-order valence-electron chi connectivity index (χ2n) is 9.15. The number of nitrogens with zero attached hydrogens (tertiary/aromatic N) is 2. The van der Waals surface area contributed by atoms with Crippen LogP contribution in [-0.4, -0.2) is 21.5 Å². The van der Waals surface area contributed by atoms with Gasteiger partial charge in [0.25, 0.3) is 11.5 Å². The first-order chi connectivity index (χ1) is 17.6. The van der Waals surface area contributed by atoms with Crippen LogP contribution in [0.25, 0.3) is 10.9 Å². The van der Waals surface area contributed by atoms with Crippen molar-refractivity contribution >= 4 is 28.6 Å². The molecule has 5 nitrogen and oxygen atoms in total. The van der Waals surface area contributed by atoms with Gasteiger partial charge in [-0.05, 0) is 54.7 Å². The van der Waals surface area contributed by atoms with Gasteiger partial charge in [-0.3, -0.25) is 14.2 Å². The molecule has 1 heterocycles. The summed E-state index contributed by atoms with van der Waals surface area (Å²) in [6.07, 6.45) is 4.94. The number of halogens is 1. The molecular weight excluding hydrogens is 473 g/mol. The molecule has 0 atom stereocenters. The summed E-state index contributed by atoms with van der Waals surface area (Å²) in [6, 6.07) is 21.9. The third-order valence-electron chi connectivity index (χ3n) is 6.65. The molecule has 1 saturated carbocycles. The van der Waals surface area contributed by atoms with E-state index in [0.29, 0.717) is 45.9 Å². The molecule has 0 unspecified atom stereocenters. The van der Waals surface area contributed by atoms with Gasteiger partial charge in [-0.2, -0.15) is 0 Å². The second kappa shape index (κ2) is 11.1. The van der Waals surface area contributed by atoms with Crippen LogP contribution in [0.1, 0.15) is 47.2 Å². The minimum atomic E-state index is -0.283. The lowest BCUT2D eigenvalue weighted by Crippen LogP contribution is -2.32. The Labute approximate surface area is 213 Å². The van der Waals surface area contributed by atoms with E-state index >= 15 is 0 Å². The van der Waals surface area contributed by atoms with Crippen molar-refractivity contribution < 1.29 is 9.18 Å². The average molecular weight is 502 g/mol. The fourth-order valence-corrected chi connectivity index (χ4v) is 5.64. The molecule has 1 amide bonds. The largest absolute Gasteiger partial charge is 0.349 e. The lowest BCUT2D eigenvalue weighted by molar-refractivity contribution is 0.0938. The number of hydrogen-bond acceptors (Lipinski definition) is 4. The van der Waals surface area contributed by atoms with E-state index in [2.05, 4.69) is 5.32 Å². The molecule has 4 aromatic rings. The molecule has 0 radical (unpaired) electrons.